The van der Waals surface area contributed by atoms with Crippen LogP contribution in [0.4, 0.5) is 11.4 Å². The number of benzene rings is 6. The molecule has 2 bridgehead atoms. The Labute approximate surface area is 366 Å². The number of hydrogen-bond donors (Lipinski definition) is 0. The Kier molecular flexibility index (Phi) is 9.95. The van der Waals surface area contributed by atoms with Crippen LogP contribution in [0, 0.1) is 0 Å². The van der Waals surface area contributed by atoms with Gasteiger partial charge in [-0.05, 0) is 124 Å². The van der Waals surface area contributed by atoms with Gasteiger partial charge in [0, 0.05) is 93.8 Å². The van der Waals surface area contributed by atoms with Gasteiger partial charge in [0.05, 0.1) is 20.9 Å². The second-order valence-corrected chi connectivity index (χ2v) is 17.5. The fraction of sp³-hybridized carbons (Fsp3) is 0.294. The van der Waals surface area contributed by atoms with Gasteiger partial charge in [0.2, 0.25) is 0 Å². The first kappa shape index (κ1) is 40.3. The number of carbonyl (C=O) groups is 4. The Balaban J connectivity index is 0.994. The topological polar surface area (TPSA) is 106 Å². The van der Waals surface area contributed by atoms with Crippen molar-refractivity contribution in [3.05, 3.63) is 118 Å². The van der Waals surface area contributed by atoms with Gasteiger partial charge in [0.15, 0.2) is 0 Å². The molecule has 0 aliphatic carbocycles. The lowest BCUT2D eigenvalue weighted by atomic mass is 9.87. The van der Waals surface area contributed by atoms with Crippen LogP contribution in [0.15, 0.2) is 84.9 Å². The van der Waals surface area contributed by atoms with Crippen molar-refractivity contribution in [3.63, 3.8) is 0 Å². The molecule has 0 saturated carbocycles. The second-order valence-electron chi connectivity index (χ2n) is 17.5. The van der Waals surface area contributed by atoms with Gasteiger partial charge in [-0.2, -0.15) is 0 Å². The maximum atomic E-state index is 13.8. The highest BCUT2D eigenvalue weighted by molar-refractivity contribution is 6.28. The fourth-order valence-corrected chi connectivity index (χ4v) is 10.1. The molecular formula is C51H50N6O6. The molecule has 0 radical (unpaired) electrons. The number of methoxy groups -OCH3 is 2. The van der Waals surface area contributed by atoms with E-state index in [1.54, 1.807) is 14.2 Å². The van der Waals surface area contributed by atoms with Crippen molar-refractivity contribution in [1.82, 2.24) is 19.6 Å². The highest BCUT2D eigenvalue weighted by Crippen LogP contribution is 2.49. The van der Waals surface area contributed by atoms with Crippen LogP contribution >= 0.6 is 0 Å². The van der Waals surface area contributed by atoms with Crippen LogP contribution in [-0.4, -0.2) is 118 Å². The lowest BCUT2D eigenvalue weighted by molar-refractivity contribution is 0.0590. The van der Waals surface area contributed by atoms with Gasteiger partial charge in [-0.25, -0.2) is 0 Å². The molecule has 12 nitrogen and oxygen atoms in total. The van der Waals surface area contributed by atoms with Gasteiger partial charge in [-0.3, -0.25) is 29.0 Å². The number of carbonyl (C=O) groups excluding carboxylic acids is 4. The van der Waals surface area contributed by atoms with Crippen LogP contribution in [0.25, 0.3) is 43.8 Å². The summed E-state index contributed by atoms with van der Waals surface area (Å²) in [6.07, 6.45) is 1.39. The van der Waals surface area contributed by atoms with Crippen LogP contribution in [0.3, 0.4) is 0 Å². The quantitative estimate of drug-likeness (QED) is 0.114. The van der Waals surface area contributed by atoms with Gasteiger partial charge in [0.1, 0.15) is 11.5 Å². The molecule has 4 heterocycles. The van der Waals surface area contributed by atoms with Crippen LogP contribution in [0.1, 0.15) is 65.4 Å². The average Bonchev–Trinajstić information content (AvgIpc) is 3.28. The van der Waals surface area contributed by atoms with Crippen molar-refractivity contribution in [2.24, 2.45) is 0 Å². The van der Waals surface area contributed by atoms with E-state index in [1.807, 2.05) is 98.7 Å². The van der Waals surface area contributed by atoms with Gasteiger partial charge in [0.25, 0.3) is 23.6 Å². The molecular weight excluding hydrogens is 793 g/mol. The molecule has 0 fully saturated rings. The SMILES string of the molecule is COc1cc2c(cc1-c1ccc3c4c(cccc14)C(=O)N(CCCN(C)C)C3=O)CN1CN2Cc2cc(-c3ccc4c5c(cccc35)C(=O)N(CCCN(C)C)C4=O)c(OC)cc21. The lowest BCUT2D eigenvalue weighted by Crippen LogP contribution is -2.46. The van der Waals surface area contributed by atoms with E-state index in [-0.39, 0.29) is 23.6 Å². The monoisotopic (exact) mass is 842 g/mol. The van der Waals surface area contributed by atoms with E-state index in [0.717, 1.165) is 68.6 Å². The Morgan fingerprint density at radius 2 is 0.873 bits per heavy atom. The molecule has 4 aliphatic rings. The maximum Gasteiger partial charge on any atom is 0.261 e. The predicted octanol–water partition coefficient (Wildman–Crippen LogP) is 7.74. The summed E-state index contributed by atoms with van der Waals surface area (Å²) in [4.78, 5) is 66.8. The van der Waals surface area contributed by atoms with Crippen molar-refractivity contribution >= 4 is 56.5 Å². The molecule has 0 spiro atoms. The largest absolute Gasteiger partial charge is 0.496 e. The van der Waals surface area contributed by atoms with E-state index in [0.29, 0.717) is 90.2 Å². The molecule has 63 heavy (non-hydrogen) atoms. The Morgan fingerprint density at radius 3 is 1.25 bits per heavy atom. The van der Waals surface area contributed by atoms with E-state index >= 15 is 0 Å². The number of amides is 4. The third kappa shape index (κ3) is 6.50. The summed E-state index contributed by atoms with van der Waals surface area (Å²) in [5.74, 6) is 0.363. The minimum absolute atomic E-state index is 0.260. The van der Waals surface area contributed by atoms with Crippen LogP contribution in [-0.2, 0) is 13.1 Å². The van der Waals surface area contributed by atoms with E-state index < -0.39 is 0 Å². The summed E-state index contributed by atoms with van der Waals surface area (Å²) >= 11 is 0. The molecule has 0 unspecified atom stereocenters. The average molecular weight is 843 g/mol. The molecule has 0 N–H and O–H groups in total. The van der Waals surface area contributed by atoms with Crippen molar-refractivity contribution in [2.75, 3.05) is 85.1 Å². The van der Waals surface area contributed by atoms with Crippen LogP contribution < -0.4 is 19.3 Å². The standard InChI is InChI=1S/C51H50N6O6/c1-52(2)19-9-21-56-48(58)36-13-7-11-34-32(15-17-38(46(34)36)50(56)60)40-23-30-27-54-29-55(42(30)25-44(40)62-5)28-31-24-41(45(63-6)26-43(31)54)33-16-18-39-47-35(33)12-8-14-37(47)49(59)57(51(39)61)22-10-20-53(3)4/h7-8,11-18,23-26H,9-10,19-22,27-29H2,1-6H3. The highest BCUT2D eigenvalue weighted by atomic mass is 16.5. The zero-order valence-corrected chi connectivity index (χ0v) is 36.6. The number of imide groups is 2. The molecule has 6 aromatic rings. The molecule has 12 heteroatoms. The minimum atomic E-state index is -0.260. The molecule has 0 atom stereocenters. The smallest absolute Gasteiger partial charge is 0.261 e. The summed E-state index contributed by atoms with van der Waals surface area (Å²) in [7, 11) is 11.3. The van der Waals surface area contributed by atoms with Crippen LogP contribution in [0.2, 0.25) is 0 Å². The summed E-state index contributed by atoms with van der Waals surface area (Å²) < 4.78 is 12.2. The molecule has 10 rings (SSSR count). The summed E-state index contributed by atoms with van der Waals surface area (Å²) in [5.41, 5.74) is 10.1. The summed E-state index contributed by atoms with van der Waals surface area (Å²) in [5, 5.41) is 3.03. The van der Waals surface area contributed by atoms with Gasteiger partial charge >= 0.3 is 0 Å². The molecule has 6 aromatic carbocycles. The first-order chi connectivity index (χ1) is 30.5. The van der Waals surface area contributed by atoms with E-state index in [4.69, 9.17) is 9.47 Å². The zero-order valence-electron chi connectivity index (χ0n) is 36.6. The summed E-state index contributed by atoms with van der Waals surface area (Å²) in [6, 6.07) is 27.7. The first-order valence-corrected chi connectivity index (χ1v) is 21.5. The number of anilines is 2. The Morgan fingerprint density at radius 1 is 0.492 bits per heavy atom. The van der Waals surface area contributed by atoms with Gasteiger partial charge in [-0.15, -0.1) is 0 Å². The third-order valence-corrected chi connectivity index (χ3v) is 13.1. The lowest BCUT2D eigenvalue weighted by Gasteiger charge is -2.45. The normalized spacial score (nSPS) is 15.3. The molecule has 0 saturated heterocycles. The Bertz CT molecular complexity index is 2700. The molecule has 4 aliphatic heterocycles. The summed E-state index contributed by atoms with van der Waals surface area (Å²) in [6.45, 7) is 4.22. The van der Waals surface area contributed by atoms with Crippen molar-refractivity contribution in [2.45, 2.75) is 25.9 Å². The van der Waals surface area contributed by atoms with E-state index in [2.05, 4.69) is 34.1 Å². The first-order valence-electron chi connectivity index (χ1n) is 21.5. The second kappa shape index (κ2) is 15.5. The van der Waals surface area contributed by atoms with E-state index in [9.17, 15) is 19.2 Å². The number of ether oxygens (including phenoxy) is 2. The highest BCUT2D eigenvalue weighted by Gasteiger charge is 2.37. The molecule has 0 aromatic heterocycles. The third-order valence-electron chi connectivity index (χ3n) is 13.1. The number of fused-ring (bicyclic) bond motifs is 6. The molecule has 320 valence electrons. The Hall–Kier alpha value is -6.76. The predicted molar refractivity (Wildman–Crippen MR) is 246 cm³/mol. The van der Waals surface area contributed by atoms with Crippen molar-refractivity contribution < 1.29 is 28.7 Å². The maximum absolute atomic E-state index is 13.8. The number of rotatable bonds is 12. The van der Waals surface area contributed by atoms with Gasteiger partial charge < -0.3 is 29.1 Å². The van der Waals surface area contributed by atoms with Crippen LogP contribution in [0.5, 0.6) is 11.5 Å². The fourth-order valence-electron chi connectivity index (χ4n) is 10.1. The minimum Gasteiger partial charge on any atom is -0.496 e. The number of hydrogen-bond acceptors (Lipinski definition) is 10. The zero-order chi connectivity index (χ0) is 43.8. The van der Waals surface area contributed by atoms with E-state index in [1.165, 1.54) is 9.80 Å². The van der Waals surface area contributed by atoms with Crippen molar-refractivity contribution in [1.29, 1.82) is 0 Å². The van der Waals surface area contributed by atoms with Crippen molar-refractivity contribution in [3.8, 4) is 33.8 Å². The molecule has 4 amide bonds. The van der Waals surface area contributed by atoms with Gasteiger partial charge in [-0.1, -0.05) is 36.4 Å². The number of nitrogens with zero attached hydrogens (tertiary/aromatic N) is 6.